The summed E-state index contributed by atoms with van der Waals surface area (Å²) in [5, 5.41) is 8.73. The van der Waals surface area contributed by atoms with Gasteiger partial charge in [-0.25, -0.2) is 0 Å². The van der Waals surface area contributed by atoms with Crippen LogP contribution in [0.3, 0.4) is 0 Å². The van der Waals surface area contributed by atoms with Crippen molar-refractivity contribution in [3.05, 3.63) is 29.8 Å². The summed E-state index contributed by atoms with van der Waals surface area (Å²) in [5.41, 5.74) is 0.758. The molecule has 64 valence electrons. The largest absolute Gasteiger partial charge is 0.481 e. The van der Waals surface area contributed by atoms with Gasteiger partial charge in [-0.2, -0.15) is 0 Å². The summed E-state index contributed by atoms with van der Waals surface area (Å²) in [6.45, 7) is 1.65. The molecule has 0 aliphatic carbocycles. The molecular formula is C9H10O2S. The van der Waals surface area contributed by atoms with Crippen molar-refractivity contribution in [3.8, 4) is 0 Å². The van der Waals surface area contributed by atoms with Crippen LogP contribution in [0.4, 0.5) is 0 Å². The normalized spacial score (nSPS) is 12.5. The van der Waals surface area contributed by atoms with Crippen molar-refractivity contribution in [2.24, 2.45) is 0 Å². The molecule has 0 saturated carbocycles. The van der Waals surface area contributed by atoms with Crippen molar-refractivity contribution in [2.75, 3.05) is 0 Å². The maximum Gasteiger partial charge on any atom is 0.310 e. The van der Waals surface area contributed by atoms with Gasteiger partial charge in [0.2, 0.25) is 0 Å². The third kappa shape index (κ3) is 1.80. The maximum atomic E-state index is 10.6. The molecule has 0 spiro atoms. The fourth-order valence-electron chi connectivity index (χ4n) is 0.987. The molecule has 12 heavy (non-hydrogen) atoms. The summed E-state index contributed by atoms with van der Waals surface area (Å²) in [6.07, 6.45) is 0. The minimum Gasteiger partial charge on any atom is -0.481 e. The van der Waals surface area contributed by atoms with Crippen molar-refractivity contribution in [2.45, 2.75) is 17.7 Å². The second-order valence-corrected chi connectivity index (χ2v) is 3.10. The highest BCUT2D eigenvalue weighted by atomic mass is 32.1. The van der Waals surface area contributed by atoms with E-state index in [2.05, 4.69) is 12.6 Å². The summed E-state index contributed by atoms with van der Waals surface area (Å²) in [7, 11) is 0. The van der Waals surface area contributed by atoms with Crippen LogP contribution in [0.5, 0.6) is 0 Å². The van der Waals surface area contributed by atoms with Gasteiger partial charge in [-0.15, -0.1) is 12.6 Å². The lowest BCUT2D eigenvalue weighted by molar-refractivity contribution is -0.138. The molecule has 1 atom stereocenters. The van der Waals surface area contributed by atoms with Crippen LogP contribution in [0, 0.1) is 0 Å². The van der Waals surface area contributed by atoms with Crippen molar-refractivity contribution in [1.82, 2.24) is 0 Å². The molecule has 0 fully saturated rings. The number of thiol groups is 1. The first-order chi connectivity index (χ1) is 5.63. The second kappa shape index (κ2) is 3.63. The Morgan fingerprint density at radius 3 is 2.58 bits per heavy atom. The quantitative estimate of drug-likeness (QED) is 0.688. The Labute approximate surface area is 76.6 Å². The molecule has 0 saturated heterocycles. The van der Waals surface area contributed by atoms with Gasteiger partial charge in [-0.05, 0) is 18.6 Å². The van der Waals surface area contributed by atoms with E-state index < -0.39 is 11.9 Å². The Bertz CT molecular complexity index is 296. The molecule has 0 aromatic heterocycles. The monoisotopic (exact) mass is 182 g/mol. The third-order valence-corrected chi connectivity index (χ3v) is 2.18. The van der Waals surface area contributed by atoms with Crippen LogP contribution in [0.2, 0.25) is 0 Å². The van der Waals surface area contributed by atoms with E-state index in [1.54, 1.807) is 19.1 Å². The van der Waals surface area contributed by atoms with Crippen LogP contribution in [0.25, 0.3) is 0 Å². The molecule has 0 amide bonds. The molecule has 3 heteroatoms. The van der Waals surface area contributed by atoms with Gasteiger partial charge in [-0.1, -0.05) is 18.2 Å². The minimum absolute atomic E-state index is 0.487. The fourth-order valence-corrected chi connectivity index (χ4v) is 1.34. The van der Waals surface area contributed by atoms with Gasteiger partial charge >= 0.3 is 5.97 Å². The highest BCUT2D eigenvalue weighted by Crippen LogP contribution is 2.22. The van der Waals surface area contributed by atoms with E-state index in [9.17, 15) is 4.79 Å². The van der Waals surface area contributed by atoms with E-state index in [0.717, 1.165) is 10.5 Å². The van der Waals surface area contributed by atoms with Crippen LogP contribution < -0.4 is 0 Å². The number of aliphatic carboxylic acids is 1. The number of carbonyl (C=O) groups is 1. The lowest BCUT2D eigenvalue weighted by atomic mass is 10.0. The van der Waals surface area contributed by atoms with Crippen molar-refractivity contribution in [3.63, 3.8) is 0 Å². The SMILES string of the molecule is CC(C(=O)O)c1ccccc1S. The Balaban J connectivity index is 3.02. The zero-order chi connectivity index (χ0) is 9.14. The Morgan fingerprint density at radius 1 is 1.50 bits per heavy atom. The van der Waals surface area contributed by atoms with Crippen LogP contribution in [-0.4, -0.2) is 11.1 Å². The van der Waals surface area contributed by atoms with Crippen LogP contribution in [-0.2, 0) is 4.79 Å². The average Bonchev–Trinajstić information content (AvgIpc) is 2.04. The van der Waals surface area contributed by atoms with E-state index in [1.807, 2.05) is 12.1 Å². The van der Waals surface area contributed by atoms with Crippen molar-refractivity contribution < 1.29 is 9.90 Å². The van der Waals surface area contributed by atoms with E-state index in [1.165, 1.54) is 0 Å². The molecule has 0 bridgehead atoms. The molecule has 0 aliphatic heterocycles. The number of carboxylic acids is 1. The number of hydrogen-bond donors (Lipinski definition) is 2. The molecule has 1 rings (SSSR count). The molecule has 0 aliphatic rings. The standard InChI is InChI=1S/C9H10O2S/c1-6(9(10)11)7-4-2-3-5-8(7)12/h2-6,12H,1H3,(H,10,11). The molecule has 1 aromatic rings. The van der Waals surface area contributed by atoms with Gasteiger partial charge in [0.15, 0.2) is 0 Å². The Kier molecular flexibility index (Phi) is 2.76. The Morgan fingerprint density at radius 2 is 2.08 bits per heavy atom. The summed E-state index contributed by atoms with van der Waals surface area (Å²) in [5.74, 6) is -1.31. The highest BCUT2D eigenvalue weighted by molar-refractivity contribution is 7.80. The van der Waals surface area contributed by atoms with Gasteiger partial charge in [0, 0.05) is 4.90 Å². The first-order valence-corrected chi connectivity index (χ1v) is 4.08. The maximum absolute atomic E-state index is 10.6. The molecule has 0 radical (unpaired) electrons. The molecule has 1 N–H and O–H groups in total. The van der Waals surface area contributed by atoms with Crippen LogP contribution in [0.1, 0.15) is 18.4 Å². The first-order valence-electron chi connectivity index (χ1n) is 3.63. The van der Waals surface area contributed by atoms with Gasteiger partial charge < -0.3 is 5.11 Å². The topological polar surface area (TPSA) is 37.3 Å². The zero-order valence-electron chi connectivity index (χ0n) is 6.69. The zero-order valence-corrected chi connectivity index (χ0v) is 7.58. The Hall–Kier alpha value is -0.960. The average molecular weight is 182 g/mol. The first kappa shape index (κ1) is 9.13. The lowest BCUT2D eigenvalue weighted by Gasteiger charge is -2.08. The van der Waals surface area contributed by atoms with Gasteiger partial charge in [-0.3, -0.25) is 4.79 Å². The van der Waals surface area contributed by atoms with Crippen LogP contribution in [0.15, 0.2) is 29.2 Å². The predicted octanol–water partition coefficient (Wildman–Crippen LogP) is 2.16. The number of rotatable bonds is 2. The highest BCUT2D eigenvalue weighted by Gasteiger charge is 2.14. The third-order valence-electron chi connectivity index (χ3n) is 1.77. The molecule has 2 nitrogen and oxygen atoms in total. The smallest absolute Gasteiger partial charge is 0.310 e. The number of hydrogen-bond acceptors (Lipinski definition) is 2. The van der Waals surface area contributed by atoms with E-state index in [-0.39, 0.29) is 0 Å². The van der Waals surface area contributed by atoms with E-state index in [4.69, 9.17) is 5.11 Å². The van der Waals surface area contributed by atoms with Crippen molar-refractivity contribution >= 4 is 18.6 Å². The fraction of sp³-hybridized carbons (Fsp3) is 0.222. The predicted molar refractivity (Wildman–Crippen MR) is 49.7 cm³/mol. The lowest BCUT2D eigenvalue weighted by Crippen LogP contribution is -2.07. The minimum atomic E-state index is -0.823. The number of carboxylic acid groups (broad SMARTS) is 1. The summed E-state index contributed by atoms with van der Waals surface area (Å²) in [6, 6.07) is 7.22. The van der Waals surface area contributed by atoms with Gasteiger partial charge in [0.05, 0.1) is 5.92 Å². The molecular weight excluding hydrogens is 172 g/mol. The molecule has 0 heterocycles. The van der Waals surface area contributed by atoms with Gasteiger partial charge in [0.1, 0.15) is 0 Å². The van der Waals surface area contributed by atoms with E-state index >= 15 is 0 Å². The second-order valence-electron chi connectivity index (χ2n) is 2.62. The van der Waals surface area contributed by atoms with Gasteiger partial charge in [0.25, 0.3) is 0 Å². The molecule has 1 unspecified atom stereocenters. The van der Waals surface area contributed by atoms with Crippen LogP contribution >= 0.6 is 12.6 Å². The summed E-state index contributed by atoms with van der Waals surface area (Å²) >= 11 is 4.17. The summed E-state index contributed by atoms with van der Waals surface area (Å²) < 4.78 is 0. The number of benzene rings is 1. The molecule has 1 aromatic carbocycles. The summed E-state index contributed by atoms with van der Waals surface area (Å²) in [4.78, 5) is 11.3. The van der Waals surface area contributed by atoms with Crippen molar-refractivity contribution in [1.29, 1.82) is 0 Å². The van der Waals surface area contributed by atoms with E-state index in [0.29, 0.717) is 0 Å².